The quantitative estimate of drug-likeness (QED) is 0.0296. The molecule has 66 heavy (non-hydrogen) atoms. The minimum Gasteiger partial charge on any atom is -0.481 e. The number of unbranched alkanes of at least 4 members (excludes halogenated alkanes) is 1. The van der Waals surface area contributed by atoms with Crippen molar-refractivity contribution in [3.05, 3.63) is 71.9 Å². The lowest BCUT2D eigenvalue weighted by atomic mass is 9.99. The molecule has 0 spiro atoms. The van der Waals surface area contributed by atoms with E-state index in [1.54, 1.807) is 60.8 Å². The molecule has 1 saturated heterocycles. The molecule has 20 nitrogen and oxygen atoms in total. The number of aromatic amines is 1. The third kappa shape index (κ3) is 15.9. The summed E-state index contributed by atoms with van der Waals surface area (Å²) < 4.78 is -1.23. The monoisotopic (exact) mass is 952 g/mol. The van der Waals surface area contributed by atoms with Crippen LogP contribution in [0.5, 0.6) is 0 Å². The minimum absolute atomic E-state index is 0.0179. The first-order valence-electron chi connectivity index (χ1n) is 21.2. The Bertz CT molecular complexity index is 2250. The predicted octanol–water partition coefficient (Wildman–Crippen LogP) is 0.400. The molecule has 3 aromatic rings. The fourth-order valence-electron chi connectivity index (χ4n) is 7.16. The normalized spacial score (nSPS) is 14.9. The van der Waals surface area contributed by atoms with Gasteiger partial charge in [-0.3, -0.25) is 48.1 Å². The number of fused-ring (bicyclic) bond motifs is 1. The zero-order valence-corrected chi connectivity index (χ0v) is 38.3. The number of carboxylic acids is 2. The molecule has 4 rings (SSSR count). The lowest BCUT2D eigenvalue weighted by Gasteiger charge is -2.30. The molecule has 1 aliphatic heterocycles. The van der Waals surface area contributed by atoms with E-state index in [9.17, 15) is 58.2 Å². The van der Waals surface area contributed by atoms with Gasteiger partial charge in [0, 0.05) is 60.5 Å². The van der Waals surface area contributed by atoms with Gasteiger partial charge >= 0.3 is 11.9 Å². The molecule has 1 aliphatic rings. The maximum Gasteiger partial charge on any atom is 0.327 e. The summed E-state index contributed by atoms with van der Waals surface area (Å²) in [4.78, 5) is 133. The van der Waals surface area contributed by atoms with Gasteiger partial charge in [-0.1, -0.05) is 48.5 Å². The van der Waals surface area contributed by atoms with Crippen molar-refractivity contribution < 1.29 is 58.2 Å². The Hall–Kier alpha value is -6.42. The Labute approximate surface area is 391 Å². The summed E-state index contributed by atoms with van der Waals surface area (Å²) >= 11 is 8.38. The summed E-state index contributed by atoms with van der Waals surface area (Å²) in [5.41, 5.74) is 1.85. The number of carboxylic acid groups (broad SMARTS) is 2. The first-order chi connectivity index (χ1) is 31.3. The van der Waals surface area contributed by atoms with E-state index in [0.717, 1.165) is 4.90 Å². The number of aliphatic carboxylic acids is 2. The number of para-hydroxylation sites is 1. The standard InChI is InChI=1S/C44H56N8O12S2/c1-44(2,66)38(43(63)64)51-42(62)30(20-25-10-4-3-5-11-25)49-40(60)31(21-26-23-45-28-13-7-6-12-27(26)28)50-41(61)32(22-37(57)58)48-34(54)24-46-39(59)29(47-33(53)17-19-65)14-8-9-18-52-35(55)15-16-36(52)56/h3-7,10-13,23,29-32,38,45,65-66H,8-9,14-22,24H2,1-2H3,(H,46,59)(H,47,53)(H,48,54)(H,49,60)(H,50,61)(H,51,62)(H,57,58)(H,63,64)/t29-,30-,31-,32-,38+/m0/s1. The number of hydrogen-bond donors (Lipinski definition) is 11. The van der Waals surface area contributed by atoms with E-state index in [2.05, 4.69) is 62.1 Å². The van der Waals surface area contributed by atoms with Crippen LogP contribution < -0.4 is 31.9 Å². The van der Waals surface area contributed by atoms with Crippen LogP contribution in [0.15, 0.2) is 60.8 Å². The number of likely N-dealkylation sites (tertiary alicyclic amines) is 1. The number of imide groups is 1. The number of hydrogen-bond acceptors (Lipinski definition) is 12. The molecule has 9 N–H and O–H groups in total. The Kier molecular flexibility index (Phi) is 19.6. The molecule has 0 bridgehead atoms. The maximum atomic E-state index is 14.3. The molecule has 1 aromatic heterocycles. The minimum atomic E-state index is -1.79. The average molecular weight is 953 g/mol. The van der Waals surface area contributed by atoms with E-state index in [1.807, 2.05) is 0 Å². The summed E-state index contributed by atoms with van der Waals surface area (Å²) in [5.74, 6) is -8.40. The molecule has 2 heterocycles. The number of rotatable bonds is 26. The highest BCUT2D eigenvalue weighted by Crippen LogP contribution is 2.21. The molecular formula is C44H56N8O12S2. The van der Waals surface area contributed by atoms with Crippen LogP contribution in [-0.2, 0) is 60.8 Å². The van der Waals surface area contributed by atoms with Crippen molar-refractivity contribution >= 4 is 95.4 Å². The Morgan fingerprint density at radius 2 is 1.32 bits per heavy atom. The van der Waals surface area contributed by atoms with Crippen molar-refractivity contribution in [3.63, 3.8) is 0 Å². The molecule has 8 amide bonds. The first-order valence-corrected chi connectivity index (χ1v) is 22.3. The highest BCUT2D eigenvalue weighted by Gasteiger charge is 2.37. The highest BCUT2D eigenvalue weighted by molar-refractivity contribution is 7.81. The van der Waals surface area contributed by atoms with Gasteiger partial charge in [0.2, 0.25) is 47.3 Å². The number of carbonyl (C=O) groups is 10. The lowest BCUT2D eigenvalue weighted by Crippen LogP contribution is -2.60. The second kappa shape index (κ2) is 24.8. The zero-order valence-electron chi connectivity index (χ0n) is 36.5. The van der Waals surface area contributed by atoms with Crippen LogP contribution in [0, 0.1) is 0 Å². The maximum absolute atomic E-state index is 14.3. The van der Waals surface area contributed by atoms with E-state index in [4.69, 9.17) is 0 Å². The topological polar surface area (TPSA) is 302 Å². The van der Waals surface area contributed by atoms with Crippen molar-refractivity contribution in [3.8, 4) is 0 Å². The van der Waals surface area contributed by atoms with Crippen molar-refractivity contribution in [2.75, 3.05) is 18.8 Å². The summed E-state index contributed by atoms with van der Waals surface area (Å²) in [6, 6.07) is 8.35. The molecule has 22 heteroatoms. The number of aromatic nitrogens is 1. The van der Waals surface area contributed by atoms with Gasteiger partial charge in [-0.25, -0.2) is 4.79 Å². The van der Waals surface area contributed by atoms with Crippen molar-refractivity contribution in [2.45, 2.75) is 107 Å². The van der Waals surface area contributed by atoms with Crippen LogP contribution in [-0.4, -0.2) is 133 Å². The summed E-state index contributed by atoms with van der Waals surface area (Å²) in [6.07, 6.45) is 1.33. The van der Waals surface area contributed by atoms with Crippen LogP contribution >= 0.6 is 25.3 Å². The van der Waals surface area contributed by atoms with Gasteiger partial charge in [0.05, 0.1) is 13.0 Å². The SMILES string of the molecule is CC(C)(S)[C@H](NC(=O)[C@H](Cc1ccccc1)NC(=O)[C@H](Cc1c[nH]c2ccccc12)NC(=O)[C@H](CC(=O)O)NC(=O)CNC(=O)[C@H](CCCCN1C(=O)CCC1=O)NC(=O)CCS)C(=O)O. The highest BCUT2D eigenvalue weighted by atomic mass is 32.1. The number of benzene rings is 2. The zero-order chi connectivity index (χ0) is 48.6. The van der Waals surface area contributed by atoms with E-state index in [0.29, 0.717) is 34.9 Å². The van der Waals surface area contributed by atoms with E-state index >= 15 is 0 Å². The molecule has 0 saturated carbocycles. The van der Waals surface area contributed by atoms with Crippen molar-refractivity contribution in [1.82, 2.24) is 41.8 Å². The molecule has 1 fully saturated rings. The lowest BCUT2D eigenvalue weighted by molar-refractivity contribution is -0.143. The Balaban J connectivity index is 1.52. The van der Waals surface area contributed by atoms with Gasteiger partial charge in [-0.15, -0.1) is 0 Å². The number of thiol groups is 2. The van der Waals surface area contributed by atoms with Gasteiger partial charge in [0.15, 0.2) is 0 Å². The van der Waals surface area contributed by atoms with Crippen LogP contribution in [0.3, 0.4) is 0 Å². The van der Waals surface area contributed by atoms with Crippen LogP contribution in [0.2, 0.25) is 0 Å². The fourth-order valence-corrected chi connectivity index (χ4v) is 7.54. The van der Waals surface area contributed by atoms with Gasteiger partial charge in [-0.05, 0) is 56.1 Å². The van der Waals surface area contributed by atoms with Crippen molar-refractivity contribution in [1.29, 1.82) is 0 Å². The fraction of sp³-hybridized carbons (Fsp3) is 0.455. The number of nitrogens with one attached hydrogen (secondary N) is 7. The molecule has 0 aliphatic carbocycles. The van der Waals surface area contributed by atoms with E-state index in [-0.39, 0.29) is 62.6 Å². The second-order valence-electron chi connectivity index (χ2n) is 16.3. The molecular weight excluding hydrogens is 897 g/mol. The largest absolute Gasteiger partial charge is 0.481 e. The van der Waals surface area contributed by atoms with Gasteiger partial charge in [-0.2, -0.15) is 25.3 Å². The average Bonchev–Trinajstić information content (AvgIpc) is 3.82. The van der Waals surface area contributed by atoms with Crippen LogP contribution in [0.25, 0.3) is 10.9 Å². The van der Waals surface area contributed by atoms with Gasteiger partial charge < -0.3 is 47.1 Å². The molecule has 5 atom stereocenters. The van der Waals surface area contributed by atoms with Crippen LogP contribution in [0.4, 0.5) is 0 Å². The van der Waals surface area contributed by atoms with E-state index in [1.165, 1.54) is 13.8 Å². The summed E-state index contributed by atoms with van der Waals surface area (Å²) in [5, 5.41) is 35.2. The predicted molar refractivity (Wildman–Crippen MR) is 246 cm³/mol. The number of H-pyrrole nitrogens is 1. The third-order valence-corrected chi connectivity index (χ3v) is 11.1. The molecule has 356 valence electrons. The smallest absolute Gasteiger partial charge is 0.327 e. The van der Waals surface area contributed by atoms with Gasteiger partial charge in [0.1, 0.15) is 30.2 Å². The number of amides is 8. The molecule has 0 radical (unpaired) electrons. The number of nitrogens with zero attached hydrogens (tertiary/aromatic N) is 1. The van der Waals surface area contributed by atoms with Crippen molar-refractivity contribution in [2.24, 2.45) is 0 Å². The molecule has 2 aromatic carbocycles. The first kappa shape index (κ1) is 52.2. The van der Waals surface area contributed by atoms with Gasteiger partial charge in [0.25, 0.3) is 0 Å². The third-order valence-electron chi connectivity index (χ3n) is 10.6. The summed E-state index contributed by atoms with van der Waals surface area (Å²) in [6.45, 7) is 2.37. The summed E-state index contributed by atoms with van der Waals surface area (Å²) in [7, 11) is 0. The Morgan fingerprint density at radius 3 is 1.94 bits per heavy atom. The second-order valence-corrected chi connectivity index (χ2v) is 17.9. The number of carbonyl (C=O) groups excluding carboxylic acids is 8. The molecule has 0 unspecified atom stereocenters. The van der Waals surface area contributed by atoms with Crippen LogP contribution in [0.1, 0.15) is 69.9 Å². The van der Waals surface area contributed by atoms with E-state index < -0.39 is 95.3 Å². The Morgan fingerprint density at radius 1 is 0.727 bits per heavy atom.